The van der Waals surface area contributed by atoms with E-state index >= 15 is 0 Å². The number of anilines is 2. The van der Waals surface area contributed by atoms with E-state index in [1.807, 2.05) is 55.5 Å². The lowest BCUT2D eigenvalue weighted by Gasteiger charge is -1.96. The first-order chi connectivity index (χ1) is 28.8. The highest BCUT2D eigenvalue weighted by molar-refractivity contribution is 14.1. The van der Waals surface area contributed by atoms with Crippen LogP contribution in [0.25, 0.3) is 22.9 Å². The third-order valence-corrected chi connectivity index (χ3v) is 8.67. The Bertz CT molecular complexity index is 2130. The predicted octanol–water partition coefficient (Wildman–Crippen LogP) is 10.3. The second-order valence-electron chi connectivity index (χ2n) is 11.9. The van der Waals surface area contributed by atoms with Crippen molar-refractivity contribution in [2.24, 2.45) is 0 Å². The van der Waals surface area contributed by atoms with E-state index in [0.29, 0.717) is 37.3 Å². The Kier molecular flexibility index (Phi) is 21.1. The third kappa shape index (κ3) is 17.5. The van der Waals surface area contributed by atoms with Gasteiger partial charge in [0.25, 0.3) is 0 Å². The van der Waals surface area contributed by atoms with Crippen LogP contribution in [0.1, 0.15) is 63.4 Å². The van der Waals surface area contributed by atoms with Gasteiger partial charge in [0.1, 0.15) is 18.8 Å². The molecule has 0 fully saturated rings. The minimum atomic E-state index is -0.488. The summed E-state index contributed by atoms with van der Waals surface area (Å²) in [4.78, 5) is 45.3. The quantitative estimate of drug-likeness (QED) is 0.0628. The van der Waals surface area contributed by atoms with Crippen molar-refractivity contribution in [1.29, 1.82) is 0 Å². The van der Waals surface area contributed by atoms with Gasteiger partial charge in [0.05, 0.1) is 19.8 Å². The first-order valence-corrected chi connectivity index (χ1v) is 20.5. The minimum absolute atomic E-state index is 0.165. The van der Waals surface area contributed by atoms with Crippen molar-refractivity contribution in [3.05, 3.63) is 158 Å². The van der Waals surface area contributed by atoms with Gasteiger partial charge in [-0.25, -0.2) is 29.3 Å². The highest BCUT2D eigenvalue weighted by Gasteiger charge is 2.15. The number of esters is 3. The number of rotatable bonds is 8. The second kappa shape index (κ2) is 26.2. The average molecular weight is 1040 g/mol. The molecule has 0 bridgehead atoms. The number of hydrogen-bond acceptors (Lipinski definition) is 14. The molecule has 4 aromatic carbocycles. The van der Waals surface area contributed by atoms with Crippen molar-refractivity contribution in [3.63, 3.8) is 0 Å². The first kappa shape index (κ1) is 48.3. The van der Waals surface area contributed by atoms with E-state index in [0.717, 1.165) is 22.4 Å². The van der Waals surface area contributed by atoms with E-state index in [-0.39, 0.29) is 17.1 Å². The Balaban J connectivity index is 0.000000208. The first-order valence-electron chi connectivity index (χ1n) is 18.3. The number of aryl methyl sites for hydroxylation is 2. The number of aromatic nitrogens is 3. The number of hydrogen-bond donors (Lipinski definition) is 2. The summed E-state index contributed by atoms with van der Waals surface area (Å²) >= 11 is 4.54. The summed E-state index contributed by atoms with van der Waals surface area (Å²) in [6.45, 7) is 10.3. The van der Waals surface area contributed by atoms with Crippen LogP contribution < -0.4 is 11.5 Å². The Morgan fingerprint density at radius 2 is 0.883 bits per heavy atom. The zero-order valence-electron chi connectivity index (χ0n) is 33.6. The third-order valence-electron chi connectivity index (χ3n) is 7.23. The summed E-state index contributed by atoms with van der Waals surface area (Å²) < 4.78 is 31.8. The summed E-state index contributed by atoms with van der Waals surface area (Å²) in [6, 6.07) is 30.9. The Morgan fingerprint density at radius 3 is 1.23 bits per heavy atom. The van der Waals surface area contributed by atoms with E-state index < -0.39 is 17.9 Å². The summed E-state index contributed by atoms with van der Waals surface area (Å²) in [6.07, 6.45) is 5.03. The van der Waals surface area contributed by atoms with Crippen LogP contribution in [0.3, 0.4) is 0 Å². The maximum Gasteiger partial charge on any atom is 0.360 e. The SMILES string of the molecule is CCOC(=O)c1coc(-c2ccc(C)cc2)n1.CCOC(=O)c1coc(-c2ccc(N)cc2)n1.CCOC(=O)c1cocn1.Cc1ccc(I)cc1.Nc1ccc(I)cc1. The van der Waals surface area contributed by atoms with Gasteiger partial charge in [-0.1, -0.05) is 35.4 Å². The van der Waals surface area contributed by atoms with Gasteiger partial charge in [0, 0.05) is 29.6 Å². The molecule has 7 aromatic rings. The molecule has 0 atom stereocenters. The molecular weight excluding hydrogens is 996 g/mol. The summed E-state index contributed by atoms with van der Waals surface area (Å²) in [5.41, 5.74) is 17.1. The number of nitrogens with zero attached hydrogens (tertiary/aromatic N) is 3. The van der Waals surface area contributed by atoms with Crippen LogP contribution in [-0.2, 0) is 14.2 Å². The lowest BCUT2D eigenvalue weighted by atomic mass is 10.1. The van der Waals surface area contributed by atoms with Gasteiger partial charge < -0.3 is 38.9 Å². The Morgan fingerprint density at radius 1 is 0.533 bits per heavy atom. The fourth-order valence-corrected chi connectivity index (χ4v) is 4.97. The molecule has 3 heterocycles. The van der Waals surface area contributed by atoms with Crippen molar-refractivity contribution >= 4 is 74.5 Å². The van der Waals surface area contributed by atoms with Crippen molar-refractivity contribution < 1.29 is 41.8 Å². The zero-order valence-corrected chi connectivity index (χ0v) is 37.9. The van der Waals surface area contributed by atoms with Gasteiger partial charge in [-0.3, -0.25) is 0 Å². The molecule has 0 spiro atoms. The van der Waals surface area contributed by atoms with Gasteiger partial charge in [-0.15, -0.1) is 0 Å². The fraction of sp³-hybridized carbons (Fsp3) is 0.182. The number of carbonyl (C=O) groups excluding carboxylic acids is 3. The van der Waals surface area contributed by atoms with E-state index in [9.17, 15) is 14.4 Å². The number of halogens is 2. The highest BCUT2D eigenvalue weighted by atomic mass is 127. The van der Waals surface area contributed by atoms with Gasteiger partial charge in [-0.2, -0.15) is 0 Å². The summed E-state index contributed by atoms with van der Waals surface area (Å²) in [7, 11) is 0. The molecule has 0 saturated carbocycles. The largest absolute Gasteiger partial charge is 0.461 e. The number of ether oxygens (including phenoxy) is 3. The van der Waals surface area contributed by atoms with Crippen molar-refractivity contribution in [3.8, 4) is 22.9 Å². The number of nitrogens with two attached hydrogens (primary N) is 2. The minimum Gasteiger partial charge on any atom is -0.461 e. The zero-order chi connectivity index (χ0) is 43.9. The van der Waals surface area contributed by atoms with Crippen LogP contribution in [0.5, 0.6) is 0 Å². The van der Waals surface area contributed by atoms with Crippen molar-refractivity contribution in [2.75, 3.05) is 31.3 Å². The maximum absolute atomic E-state index is 11.4. The standard InChI is InChI=1S/C13H13NO3.C12H12N2O3.C7H7I.C6H6IN.C6H7NO3/c1-3-16-13(15)11-8-17-12(14-11)10-6-4-9(2)5-7-10;1-2-16-12(15)10-7-17-11(14-10)8-3-5-9(13)6-4-8;1-6-2-4-7(8)5-3-6;7-5-1-3-6(8)4-2-5;1-2-10-6(8)5-3-9-4-7-5/h4-8H,3H2,1-2H3;3-7H,2,13H2,1H3;2-5H,1H3;1-4H,8H2;3-4H,2H2,1H3. The van der Waals surface area contributed by atoms with Crippen LogP contribution >= 0.6 is 45.2 Å². The summed E-state index contributed by atoms with van der Waals surface area (Å²) in [5, 5.41) is 0. The molecule has 14 nitrogen and oxygen atoms in total. The predicted molar refractivity (Wildman–Crippen MR) is 245 cm³/mol. The molecule has 0 amide bonds. The van der Waals surface area contributed by atoms with Crippen LogP contribution in [0, 0.1) is 21.0 Å². The van der Waals surface area contributed by atoms with Crippen LogP contribution in [0.2, 0.25) is 0 Å². The number of oxazole rings is 3. The van der Waals surface area contributed by atoms with Gasteiger partial charge in [0.2, 0.25) is 11.8 Å². The number of nitrogen functional groups attached to an aromatic ring is 2. The molecule has 60 heavy (non-hydrogen) atoms. The molecule has 7 rings (SSSR count). The molecule has 0 aliphatic heterocycles. The van der Waals surface area contributed by atoms with Crippen molar-refractivity contribution in [2.45, 2.75) is 34.6 Å². The highest BCUT2D eigenvalue weighted by Crippen LogP contribution is 2.21. The lowest BCUT2D eigenvalue weighted by molar-refractivity contribution is 0.0510. The Labute approximate surface area is 375 Å². The number of benzene rings is 4. The van der Waals surface area contributed by atoms with E-state index in [2.05, 4.69) is 100 Å². The molecule has 0 aliphatic carbocycles. The molecule has 0 aliphatic rings. The van der Waals surface area contributed by atoms with Gasteiger partial charge in [0.15, 0.2) is 23.5 Å². The lowest BCUT2D eigenvalue weighted by Crippen LogP contribution is -2.04. The number of carbonyl (C=O) groups is 3. The maximum atomic E-state index is 11.4. The topological polar surface area (TPSA) is 209 Å². The normalized spacial score (nSPS) is 9.78. The molecule has 4 N–H and O–H groups in total. The summed E-state index contributed by atoms with van der Waals surface area (Å²) in [5.74, 6) is -0.607. The van der Waals surface area contributed by atoms with E-state index in [4.69, 9.17) is 29.8 Å². The molecule has 0 saturated heterocycles. The average Bonchev–Trinajstić information content (AvgIpc) is 4.06. The Hall–Kier alpha value is -6.02. The molecule has 16 heteroatoms. The molecule has 0 unspecified atom stereocenters. The molecular formula is C44H45I2N5O9. The fourth-order valence-electron chi connectivity index (χ4n) is 4.25. The molecule has 0 radical (unpaired) electrons. The van der Waals surface area contributed by atoms with Crippen molar-refractivity contribution in [1.82, 2.24) is 15.0 Å². The van der Waals surface area contributed by atoms with E-state index in [1.54, 1.807) is 45.0 Å². The van der Waals surface area contributed by atoms with Gasteiger partial charge in [-0.05, 0) is 153 Å². The van der Waals surface area contributed by atoms with Crippen LogP contribution in [-0.4, -0.2) is 52.7 Å². The van der Waals surface area contributed by atoms with Gasteiger partial charge >= 0.3 is 17.9 Å². The molecule has 3 aromatic heterocycles. The second-order valence-corrected chi connectivity index (χ2v) is 14.4. The molecule has 314 valence electrons. The van der Waals surface area contributed by atoms with Crippen LogP contribution in [0.15, 0.2) is 135 Å². The van der Waals surface area contributed by atoms with E-state index in [1.165, 1.54) is 37.9 Å². The monoisotopic (exact) mass is 1040 g/mol. The van der Waals surface area contributed by atoms with Crippen LogP contribution in [0.4, 0.5) is 11.4 Å². The smallest absolute Gasteiger partial charge is 0.360 e.